The van der Waals surface area contributed by atoms with E-state index >= 15 is 0 Å². The van der Waals surface area contributed by atoms with Crippen molar-refractivity contribution in [1.82, 2.24) is 4.72 Å². The third kappa shape index (κ3) is 13.9. The molecule has 9 nitrogen and oxygen atoms in total. The van der Waals surface area contributed by atoms with E-state index in [9.17, 15) is 30.0 Å². The fraction of sp³-hybridized carbons (Fsp3) is 0.513. The van der Waals surface area contributed by atoms with Gasteiger partial charge in [0, 0.05) is 16.6 Å². The summed E-state index contributed by atoms with van der Waals surface area (Å²) in [7, 11) is -5.72. The number of primary sulfonamides is 1. The van der Waals surface area contributed by atoms with E-state index in [1.54, 1.807) is 48.5 Å². The summed E-state index contributed by atoms with van der Waals surface area (Å²) in [6.45, 7) is 27.9. The molecule has 0 aliphatic rings. The van der Waals surface area contributed by atoms with Gasteiger partial charge in [0.1, 0.15) is 0 Å². The van der Waals surface area contributed by atoms with E-state index in [1.807, 2.05) is 73.6 Å². The smallest absolute Gasteiger partial charge is 0.264 e. The van der Waals surface area contributed by atoms with E-state index < -0.39 is 35.0 Å². The van der Waals surface area contributed by atoms with Gasteiger partial charge < -0.3 is 0 Å². The second-order valence-electron chi connectivity index (χ2n) is 13.4. The van der Waals surface area contributed by atoms with E-state index in [4.69, 9.17) is 15.8 Å². The Labute approximate surface area is 343 Å². The average molecular weight is 932 g/mol. The van der Waals surface area contributed by atoms with Crippen molar-refractivity contribution in [3.05, 3.63) is 85.0 Å². The molecule has 2 unspecified atom stereocenters. The molecule has 3 aromatic rings. The zero-order valence-corrected chi connectivity index (χ0v) is 38.1. The van der Waals surface area contributed by atoms with Gasteiger partial charge in [-0.3, -0.25) is 4.79 Å². The highest BCUT2D eigenvalue weighted by molar-refractivity contribution is 14.0. The fourth-order valence-corrected chi connectivity index (χ4v) is 10.2. The summed E-state index contributed by atoms with van der Waals surface area (Å²) in [5, 5.41) is 5.15. The molecule has 3 aromatic carbocycles. The van der Waals surface area contributed by atoms with Crippen LogP contribution in [0.3, 0.4) is 0 Å². The number of sulfonamides is 2. The molecule has 0 aliphatic heterocycles. The molecular formula is C39H64ClIN2O7S3. The van der Waals surface area contributed by atoms with Gasteiger partial charge in [-0.05, 0) is 156 Å². The van der Waals surface area contributed by atoms with Crippen LogP contribution in [-0.4, -0.2) is 31.2 Å². The zero-order chi connectivity index (χ0) is 39.4. The van der Waals surface area contributed by atoms with Crippen molar-refractivity contribution in [2.45, 2.75) is 140 Å². The lowest BCUT2D eigenvalue weighted by Crippen LogP contribution is -2.37. The first-order valence-corrected chi connectivity index (χ1v) is 21.6. The van der Waals surface area contributed by atoms with Crippen LogP contribution in [-0.2, 0) is 33.9 Å². The number of carbonyl (C=O) groups excluding carboxylic acids is 1. The summed E-state index contributed by atoms with van der Waals surface area (Å²) in [4.78, 5) is 13.0. The standard InChI is InChI=1S/C17H27NO3S.C10H13ClO2S.C10H15NO2S.2CH4.HI/c1-8-10(2)14(6)17(19)18-22(20,21)16-12(4)9-11(3)13(5)15(16)7;2*1-6-5-7(2)10(14(11,12)13)9(4)8(6)3;;;/h9-10,14H,8H2,1-7H3,(H,18,19);5H,1-4H3;5H,1-4H3,(H2,11,12,13);2*1H4;1H. The highest BCUT2D eigenvalue weighted by atomic mass is 127. The predicted molar refractivity (Wildman–Crippen MR) is 233 cm³/mol. The number of halogens is 2. The molecule has 0 bridgehead atoms. The SMILES string of the molecule is C.C.CCC(C)C(C)C(=O)NS(=O)(=O)c1c(C)cc(C)c(C)c1C.Cc1cc(C)c(S(=O)(=O)Cl)c(C)c1C.Cc1cc(C)c(S(N)(=O)=O)c(C)c1C.I. The predicted octanol–water partition coefficient (Wildman–Crippen LogP) is 9.71. The number of aryl methyl sites for hydroxylation is 6. The van der Waals surface area contributed by atoms with Crippen molar-refractivity contribution < 1.29 is 30.0 Å². The monoisotopic (exact) mass is 930 g/mol. The molecule has 0 radical (unpaired) electrons. The van der Waals surface area contributed by atoms with Crippen molar-refractivity contribution in [3.8, 4) is 0 Å². The van der Waals surface area contributed by atoms with Gasteiger partial charge in [0.15, 0.2) is 0 Å². The number of hydrogen-bond acceptors (Lipinski definition) is 7. The quantitative estimate of drug-likeness (QED) is 0.176. The topological polar surface area (TPSA) is 158 Å². The minimum atomic E-state index is -3.85. The number of benzene rings is 3. The summed E-state index contributed by atoms with van der Waals surface area (Å²) < 4.78 is 72.8. The van der Waals surface area contributed by atoms with Crippen LogP contribution in [0.2, 0.25) is 0 Å². The highest BCUT2D eigenvalue weighted by Gasteiger charge is 2.28. The minimum absolute atomic E-state index is 0. The third-order valence-corrected chi connectivity index (χ3v) is 14.2. The third-order valence-electron chi connectivity index (χ3n) is 9.80. The van der Waals surface area contributed by atoms with E-state index in [-0.39, 0.29) is 65.4 Å². The molecule has 53 heavy (non-hydrogen) atoms. The molecule has 0 saturated heterocycles. The molecule has 0 fully saturated rings. The van der Waals surface area contributed by atoms with Gasteiger partial charge in [-0.2, -0.15) is 0 Å². The van der Waals surface area contributed by atoms with Crippen molar-refractivity contribution >= 4 is 69.7 Å². The maximum Gasteiger partial charge on any atom is 0.264 e. The van der Waals surface area contributed by atoms with Crippen LogP contribution in [0.5, 0.6) is 0 Å². The largest absolute Gasteiger partial charge is 0.274 e. The van der Waals surface area contributed by atoms with Crippen LogP contribution < -0.4 is 9.86 Å². The molecule has 0 spiro atoms. The van der Waals surface area contributed by atoms with Crippen LogP contribution >= 0.6 is 34.7 Å². The fourth-order valence-electron chi connectivity index (χ4n) is 5.90. The van der Waals surface area contributed by atoms with Crippen LogP contribution in [0.1, 0.15) is 109 Å². The van der Waals surface area contributed by atoms with Gasteiger partial charge in [0.05, 0.1) is 14.7 Å². The van der Waals surface area contributed by atoms with Gasteiger partial charge in [0.2, 0.25) is 15.9 Å². The average Bonchev–Trinajstić information content (AvgIpc) is 2.95. The Morgan fingerprint density at radius 1 is 0.604 bits per heavy atom. The molecule has 14 heteroatoms. The molecule has 2 atom stereocenters. The number of carbonyl (C=O) groups is 1. The highest BCUT2D eigenvalue weighted by Crippen LogP contribution is 2.29. The van der Waals surface area contributed by atoms with Gasteiger partial charge in [0.25, 0.3) is 19.1 Å². The lowest BCUT2D eigenvalue weighted by atomic mass is 9.93. The first kappa shape index (κ1) is 55.3. The Bertz CT molecular complexity index is 2020. The van der Waals surface area contributed by atoms with E-state index in [0.29, 0.717) is 22.3 Å². The molecule has 3 rings (SSSR count). The van der Waals surface area contributed by atoms with E-state index in [0.717, 1.165) is 50.9 Å². The van der Waals surface area contributed by atoms with E-state index in [2.05, 4.69) is 4.72 Å². The lowest BCUT2D eigenvalue weighted by molar-refractivity contribution is -0.124. The minimum Gasteiger partial charge on any atom is -0.274 e. The summed E-state index contributed by atoms with van der Waals surface area (Å²) in [5.74, 6) is -0.643. The van der Waals surface area contributed by atoms with Crippen molar-refractivity contribution in [2.75, 3.05) is 0 Å². The number of rotatable bonds is 7. The molecule has 3 N–H and O–H groups in total. The lowest BCUT2D eigenvalue weighted by Gasteiger charge is -2.20. The van der Waals surface area contributed by atoms with Gasteiger partial charge in [-0.25, -0.2) is 35.1 Å². The molecule has 0 aromatic heterocycles. The van der Waals surface area contributed by atoms with Crippen LogP contribution in [0, 0.1) is 94.9 Å². The van der Waals surface area contributed by atoms with Gasteiger partial charge in [-0.15, -0.1) is 24.0 Å². The number of amides is 1. The maximum absolute atomic E-state index is 12.6. The summed E-state index contributed by atoms with van der Waals surface area (Å²) in [6.07, 6.45) is 0.830. The van der Waals surface area contributed by atoms with Crippen molar-refractivity contribution in [3.63, 3.8) is 0 Å². The molecule has 0 saturated carbocycles. The Morgan fingerprint density at radius 3 is 1.23 bits per heavy atom. The molecule has 0 aliphatic carbocycles. The summed E-state index contributed by atoms with van der Waals surface area (Å²) >= 11 is 0. The van der Waals surface area contributed by atoms with Crippen molar-refractivity contribution in [1.29, 1.82) is 0 Å². The molecule has 1 amide bonds. The van der Waals surface area contributed by atoms with Gasteiger partial charge in [-0.1, -0.05) is 60.2 Å². The molecular weight excluding hydrogens is 867 g/mol. The maximum atomic E-state index is 12.6. The van der Waals surface area contributed by atoms with Crippen molar-refractivity contribution in [2.24, 2.45) is 17.0 Å². The second-order valence-corrected chi connectivity index (χ2v) is 19.0. The molecule has 304 valence electrons. The van der Waals surface area contributed by atoms with E-state index in [1.165, 1.54) is 0 Å². The number of nitrogens with two attached hydrogens (primary N) is 1. The number of hydrogen-bond donors (Lipinski definition) is 2. The first-order chi connectivity index (χ1) is 22.5. The summed E-state index contributed by atoms with van der Waals surface area (Å²) in [5.41, 5.74) is 10.4. The van der Waals surface area contributed by atoms with Crippen LogP contribution in [0.4, 0.5) is 0 Å². The Balaban J connectivity index is -0.000000714. The second kappa shape index (κ2) is 21.3. The van der Waals surface area contributed by atoms with Crippen LogP contribution in [0.25, 0.3) is 0 Å². The Morgan fingerprint density at radius 2 is 0.906 bits per heavy atom. The van der Waals surface area contributed by atoms with Gasteiger partial charge >= 0.3 is 0 Å². The summed E-state index contributed by atoms with van der Waals surface area (Å²) in [6, 6.07) is 5.54. The van der Waals surface area contributed by atoms with Crippen LogP contribution in [0.15, 0.2) is 32.9 Å². The Kier molecular flexibility index (Phi) is 22.2. The zero-order valence-electron chi connectivity index (χ0n) is 32.5. The Hall–Kier alpha value is -2.04. The number of nitrogens with one attached hydrogen (secondary N) is 1. The first-order valence-electron chi connectivity index (χ1n) is 16.3. The molecule has 0 heterocycles. The normalized spacial score (nSPS) is 12.2.